The molecule has 0 bridgehead atoms. The Kier molecular flexibility index (Phi) is 6.56. The number of benzene rings is 2. The van der Waals surface area contributed by atoms with E-state index in [0.717, 1.165) is 5.56 Å². The lowest BCUT2D eigenvalue weighted by Gasteiger charge is -2.26. The lowest BCUT2D eigenvalue weighted by Crippen LogP contribution is -2.40. The first kappa shape index (κ1) is 20.2. The second-order valence-corrected chi connectivity index (χ2v) is 8.40. The van der Waals surface area contributed by atoms with Gasteiger partial charge in [0.2, 0.25) is 10.0 Å². The molecule has 1 heterocycles. The molecule has 0 saturated carbocycles. The minimum absolute atomic E-state index is 0.0366. The predicted octanol–water partition coefficient (Wildman–Crippen LogP) is 2.23. The zero-order valence-electron chi connectivity index (χ0n) is 15.6. The van der Waals surface area contributed by atoms with Gasteiger partial charge in [0.15, 0.2) is 0 Å². The van der Waals surface area contributed by atoms with Gasteiger partial charge in [-0.2, -0.15) is 9.41 Å². The lowest BCUT2D eigenvalue weighted by atomic mass is 10.0. The molecule has 28 heavy (non-hydrogen) atoms. The van der Waals surface area contributed by atoms with E-state index < -0.39 is 15.9 Å². The first-order valence-corrected chi connectivity index (χ1v) is 10.5. The third kappa shape index (κ3) is 4.83. The second-order valence-electron chi connectivity index (χ2n) is 6.46. The van der Waals surface area contributed by atoms with Gasteiger partial charge in [-0.1, -0.05) is 43.3 Å². The van der Waals surface area contributed by atoms with Crippen LogP contribution in [0.15, 0.2) is 64.6 Å². The Morgan fingerprint density at radius 3 is 2.57 bits per heavy atom. The van der Waals surface area contributed by atoms with E-state index in [1.54, 1.807) is 18.3 Å². The summed E-state index contributed by atoms with van der Waals surface area (Å²) in [5.74, 6) is -0.426. The summed E-state index contributed by atoms with van der Waals surface area (Å²) < 4.78 is 32.0. The normalized spacial score (nSPS) is 16.8. The van der Waals surface area contributed by atoms with Gasteiger partial charge in [0.05, 0.1) is 18.1 Å². The number of morpholine rings is 1. The molecule has 3 rings (SSSR count). The van der Waals surface area contributed by atoms with Crippen molar-refractivity contribution in [1.29, 1.82) is 0 Å². The van der Waals surface area contributed by atoms with Gasteiger partial charge in [0, 0.05) is 30.8 Å². The highest BCUT2D eigenvalue weighted by Crippen LogP contribution is 2.18. The summed E-state index contributed by atoms with van der Waals surface area (Å²) in [5.41, 5.74) is 3.78. The van der Waals surface area contributed by atoms with Crippen molar-refractivity contribution >= 4 is 22.1 Å². The maximum atomic E-state index is 12.7. The molecule has 0 radical (unpaired) electrons. The summed E-state index contributed by atoms with van der Waals surface area (Å²) in [5, 5.41) is 4.00. The van der Waals surface area contributed by atoms with Crippen LogP contribution in [-0.2, 0) is 14.8 Å². The monoisotopic (exact) mass is 401 g/mol. The number of ether oxygens (including phenoxy) is 1. The van der Waals surface area contributed by atoms with Crippen LogP contribution in [-0.4, -0.2) is 51.1 Å². The van der Waals surface area contributed by atoms with Gasteiger partial charge in [-0.15, -0.1) is 0 Å². The second kappa shape index (κ2) is 9.09. The van der Waals surface area contributed by atoms with E-state index in [9.17, 15) is 13.2 Å². The lowest BCUT2D eigenvalue weighted by molar-refractivity contribution is 0.0730. The fraction of sp³-hybridized carbons (Fsp3) is 0.300. The molecule has 0 aromatic heterocycles. The van der Waals surface area contributed by atoms with Crippen LogP contribution < -0.4 is 5.43 Å². The first-order valence-electron chi connectivity index (χ1n) is 9.05. The number of nitrogens with one attached hydrogen (secondary N) is 1. The largest absolute Gasteiger partial charge is 0.379 e. The van der Waals surface area contributed by atoms with E-state index in [1.165, 1.54) is 16.4 Å². The molecule has 1 aliphatic rings. The van der Waals surface area contributed by atoms with Gasteiger partial charge >= 0.3 is 0 Å². The van der Waals surface area contributed by atoms with Crippen LogP contribution in [0.5, 0.6) is 0 Å². The van der Waals surface area contributed by atoms with Gasteiger partial charge in [-0.25, -0.2) is 13.8 Å². The maximum absolute atomic E-state index is 12.7. The van der Waals surface area contributed by atoms with Gasteiger partial charge in [-0.05, 0) is 23.8 Å². The standard InChI is InChI=1S/C20H23N3O4S/c1-16(17-6-3-2-4-7-17)15-21-22-20(24)18-8-5-9-19(14-18)28(25,26)23-10-12-27-13-11-23/h2-9,14-16H,10-13H2,1H3,(H,22,24)/b21-15-/t16-/m1/s1. The van der Waals surface area contributed by atoms with Crippen LogP contribution >= 0.6 is 0 Å². The van der Waals surface area contributed by atoms with Crippen LogP contribution in [0.2, 0.25) is 0 Å². The smallest absolute Gasteiger partial charge is 0.271 e. The Balaban J connectivity index is 1.68. The fourth-order valence-corrected chi connectivity index (χ4v) is 4.30. The molecule has 1 saturated heterocycles. The van der Waals surface area contributed by atoms with Gasteiger partial charge in [0.25, 0.3) is 5.91 Å². The molecule has 1 amide bonds. The molecule has 0 aliphatic carbocycles. The number of hydrogen-bond donors (Lipinski definition) is 1. The van der Waals surface area contributed by atoms with Crippen molar-refractivity contribution in [1.82, 2.24) is 9.73 Å². The Bertz CT molecular complexity index is 939. The third-order valence-electron chi connectivity index (χ3n) is 4.49. The molecular formula is C20H23N3O4S. The molecule has 1 fully saturated rings. The summed E-state index contributed by atoms with van der Waals surface area (Å²) in [6.07, 6.45) is 1.64. The molecule has 0 unspecified atom stereocenters. The number of hydrazone groups is 1. The number of nitrogens with zero attached hydrogens (tertiary/aromatic N) is 2. The quantitative estimate of drug-likeness (QED) is 0.594. The van der Waals surface area contributed by atoms with E-state index in [1.807, 2.05) is 37.3 Å². The highest BCUT2D eigenvalue weighted by atomic mass is 32.2. The molecule has 1 atom stereocenters. The maximum Gasteiger partial charge on any atom is 0.271 e. The van der Waals surface area contributed by atoms with E-state index in [4.69, 9.17) is 4.74 Å². The first-order chi connectivity index (χ1) is 13.5. The number of carbonyl (C=O) groups excluding carboxylic acids is 1. The third-order valence-corrected chi connectivity index (χ3v) is 6.39. The Morgan fingerprint density at radius 2 is 1.86 bits per heavy atom. The van der Waals surface area contributed by atoms with Crippen molar-refractivity contribution in [3.05, 3.63) is 65.7 Å². The minimum atomic E-state index is -3.65. The molecule has 2 aromatic carbocycles. The summed E-state index contributed by atoms with van der Waals surface area (Å²) >= 11 is 0. The number of carbonyl (C=O) groups is 1. The highest BCUT2D eigenvalue weighted by Gasteiger charge is 2.26. The topological polar surface area (TPSA) is 88.1 Å². The van der Waals surface area contributed by atoms with E-state index in [2.05, 4.69) is 10.5 Å². The van der Waals surface area contributed by atoms with E-state index in [0.29, 0.717) is 26.3 Å². The van der Waals surface area contributed by atoms with Crippen molar-refractivity contribution in [3.8, 4) is 0 Å². The van der Waals surface area contributed by atoms with E-state index in [-0.39, 0.29) is 16.4 Å². The van der Waals surface area contributed by atoms with Gasteiger partial charge in [0.1, 0.15) is 0 Å². The van der Waals surface area contributed by atoms with Crippen molar-refractivity contribution in [2.75, 3.05) is 26.3 Å². The fourth-order valence-electron chi connectivity index (χ4n) is 2.85. The number of amides is 1. The molecule has 8 heteroatoms. The van der Waals surface area contributed by atoms with Gasteiger partial charge < -0.3 is 4.74 Å². The zero-order valence-corrected chi connectivity index (χ0v) is 16.4. The summed E-state index contributed by atoms with van der Waals surface area (Å²) in [6, 6.07) is 15.8. The average Bonchev–Trinajstić information content (AvgIpc) is 2.75. The predicted molar refractivity (Wildman–Crippen MR) is 107 cm³/mol. The van der Waals surface area contributed by atoms with Crippen LogP contribution in [0, 0.1) is 0 Å². The Labute approximate surface area is 165 Å². The molecule has 148 valence electrons. The van der Waals surface area contributed by atoms with Crippen molar-refractivity contribution in [2.45, 2.75) is 17.7 Å². The molecule has 7 nitrogen and oxygen atoms in total. The van der Waals surface area contributed by atoms with Crippen LogP contribution in [0.1, 0.15) is 28.8 Å². The van der Waals surface area contributed by atoms with Crippen LogP contribution in [0.4, 0.5) is 0 Å². The average molecular weight is 401 g/mol. The highest BCUT2D eigenvalue weighted by molar-refractivity contribution is 7.89. The molecule has 1 N–H and O–H groups in total. The molecule has 2 aromatic rings. The molecule has 1 aliphatic heterocycles. The van der Waals surface area contributed by atoms with Crippen molar-refractivity contribution in [3.63, 3.8) is 0 Å². The molecular weight excluding hydrogens is 378 g/mol. The summed E-state index contributed by atoms with van der Waals surface area (Å²) in [7, 11) is -3.65. The number of sulfonamides is 1. The van der Waals surface area contributed by atoms with Crippen LogP contribution in [0.3, 0.4) is 0 Å². The number of rotatable bonds is 6. The Morgan fingerprint density at radius 1 is 1.14 bits per heavy atom. The SMILES string of the molecule is C[C@H](/C=N\NC(=O)c1cccc(S(=O)(=O)N2CCOCC2)c1)c1ccccc1. The van der Waals surface area contributed by atoms with Gasteiger partial charge in [-0.3, -0.25) is 4.79 Å². The van der Waals surface area contributed by atoms with E-state index >= 15 is 0 Å². The number of hydrogen-bond acceptors (Lipinski definition) is 5. The molecule has 0 spiro atoms. The Hall–Kier alpha value is -2.55. The zero-order chi connectivity index (χ0) is 20.0. The van der Waals surface area contributed by atoms with Crippen LogP contribution in [0.25, 0.3) is 0 Å². The van der Waals surface area contributed by atoms with Crippen molar-refractivity contribution in [2.24, 2.45) is 5.10 Å². The summed E-state index contributed by atoms with van der Waals surface area (Å²) in [4.78, 5) is 12.5. The summed E-state index contributed by atoms with van der Waals surface area (Å²) in [6.45, 7) is 3.32. The minimum Gasteiger partial charge on any atom is -0.379 e. The van der Waals surface area contributed by atoms with Crippen molar-refractivity contribution < 1.29 is 17.9 Å².